The molecule has 0 amide bonds. The van der Waals surface area contributed by atoms with Crippen molar-refractivity contribution >= 4 is 5.87 Å². The first-order chi connectivity index (χ1) is 11.1. The lowest BCUT2D eigenvalue weighted by Crippen LogP contribution is -2.50. The number of allylic oxidation sites excluding steroid dienone is 1. The van der Waals surface area contributed by atoms with E-state index >= 15 is 0 Å². The van der Waals surface area contributed by atoms with Crippen molar-refractivity contribution in [1.82, 2.24) is 0 Å². The molecule has 0 radical (unpaired) electrons. The van der Waals surface area contributed by atoms with Gasteiger partial charge in [-0.2, -0.15) is 5.26 Å². The Morgan fingerprint density at radius 2 is 1.09 bits per heavy atom. The molecule has 0 aliphatic heterocycles. The van der Waals surface area contributed by atoms with E-state index in [0.717, 1.165) is 0 Å². The predicted octanol–water partition coefficient (Wildman–Crippen LogP) is 5.70. The minimum Gasteiger partial charge on any atom is -0.762 e. The standard InChI is InChI=1S/C16H36N.C4H3N2/c1-5-9-13-17(14-10-6-2,15-11-7-3)16-12-8-4;1-4(2-5)3-6/h5-16H2,1-4H3;1H3/q+1;-1. The third-order valence-electron chi connectivity index (χ3n) is 4.28. The molecule has 3 nitrogen and oxygen atoms in total. The zero-order valence-electron chi connectivity index (χ0n) is 16.3. The third kappa shape index (κ3) is 14.2. The Kier molecular flexibility index (Phi) is 18.1. The summed E-state index contributed by atoms with van der Waals surface area (Å²) in [5, 5.41) is 15.7. The highest BCUT2D eigenvalue weighted by Crippen LogP contribution is 2.16. The van der Waals surface area contributed by atoms with Gasteiger partial charge in [-0.05, 0) is 32.6 Å². The Balaban J connectivity index is 0. The molecule has 0 atom stereocenters. The van der Waals surface area contributed by atoms with Crippen LogP contribution in [0.3, 0.4) is 0 Å². The van der Waals surface area contributed by atoms with Crippen molar-refractivity contribution in [3.8, 4) is 6.07 Å². The van der Waals surface area contributed by atoms with Crippen LogP contribution < -0.4 is 0 Å². The fraction of sp³-hybridized carbons (Fsp3) is 0.850. The average Bonchev–Trinajstić information content (AvgIpc) is 2.60. The van der Waals surface area contributed by atoms with E-state index in [1.807, 2.05) is 0 Å². The van der Waals surface area contributed by atoms with Crippen molar-refractivity contribution in [2.24, 2.45) is 0 Å². The van der Waals surface area contributed by atoms with E-state index in [4.69, 9.17) is 10.7 Å². The van der Waals surface area contributed by atoms with Gasteiger partial charge in [-0.3, -0.25) is 5.87 Å². The summed E-state index contributed by atoms with van der Waals surface area (Å²) in [5.74, 6) is 1.67. The highest BCUT2D eigenvalue weighted by Gasteiger charge is 2.24. The predicted molar refractivity (Wildman–Crippen MR) is 103 cm³/mol. The molecule has 0 aromatic heterocycles. The van der Waals surface area contributed by atoms with Crippen molar-refractivity contribution in [3.05, 3.63) is 11.0 Å². The molecule has 0 N–H and O–H groups in total. The lowest BCUT2D eigenvalue weighted by molar-refractivity contribution is -0.929. The van der Waals surface area contributed by atoms with Crippen LogP contribution in [0.5, 0.6) is 0 Å². The summed E-state index contributed by atoms with van der Waals surface area (Å²) in [5.41, 5.74) is 0.204. The highest BCUT2D eigenvalue weighted by molar-refractivity contribution is 5.64. The van der Waals surface area contributed by atoms with E-state index in [2.05, 4.69) is 27.7 Å². The van der Waals surface area contributed by atoms with Crippen LogP contribution in [0.1, 0.15) is 86.0 Å². The molecule has 0 fully saturated rings. The monoisotopic (exact) mass is 321 g/mol. The number of hydrogen-bond acceptors (Lipinski definition) is 1. The molecule has 0 aliphatic carbocycles. The molecule has 0 spiro atoms. The number of unbranched alkanes of at least 4 members (excludes halogenated alkanes) is 4. The van der Waals surface area contributed by atoms with Gasteiger partial charge in [-0.15, -0.1) is 0 Å². The van der Waals surface area contributed by atoms with E-state index in [9.17, 15) is 0 Å². The first kappa shape index (κ1) is 24.2. The number of rotatable bonds is 12. The van der Waals surface area contributed by atoms with Gasteiger partial charge >= 0.3 is 0 Å². The van der Waals surface area contributed by atoms with Crippen LogP contribution in [-0.4, -0.2) is 36.5 Å². The van der Waals surface area contributed by atoms with Crippen molar-refractivity contribution in [3.63, 3.8) is 0 Å². The smallest absolute Gasteiger partial charge is 0.101 e. The van der Waals surface area contributed by atoms with Crippen LogP contribution in [0.25, 0.3) is 5.41 Å². The van der Waals surface area contributed by atoms with E-state index < -0.39 is 0 Å². The molecule has 0 heterocycles. The Morgan fingerprint density at radius 3 is 1.22 bits per heavy atom. The first-order valence-corrected chi connectivity index (χ1v) is 9.54. The number of quaternary nitrogens is 1. The summed E-state index contributed by atoms with van der Waals surface area (Å²) < 4.78 is 1.42. The summed E-state index contributed by atoms with van der Waals surface area (Å²) in [6, 6.07) is 1.67. The molecule has 0 aromatic rings. The maximum absolute atomic E-state index is 7.83. The fourth-order valence-electron chi connectivity index (χ4n) is 2.67. The van der Waals surface area contributed by atoms with Gasteiger partial charge in [0, 0.05) is 5.57 Å². The van der Waals surface area contributed by atoms with Crippen molar-refractivity contribution in [1.29, 1.82) is 5.26 Å². The van der Waals surface area contributed by atoms with Crippen molar-refractivity contribution in [2.45, 2.75) is 86.0 Å². The van der Waals surface area contributed by atoms with E-state index in [1.165, 1.54) is 89.0 Å². The second-order valence-corrected chi connectivity index (χ2v) is 6.50. The molecule has 0 bridgehead atoms. The van der Waals surface area contributed by atoms with Gasteiger partial charge in [0.2, 0.25) is 0 Å². The van der Waals surface area contributed by atoms with Crippen LogP contribution in [0, 0.1) is 11.3 Å². The van der Waals surface area contributed by atoms with Crippen LogP contribution in [0.15, 0.2) is 5.57 Å². The maximum Gasteiger partial charge on any atom is 0.101 e. The van der Waals surface area contributed by atoms with Gasteiger partial charge in [0.15, 0.2) is 0 Å². The molecule has 3 heteroatoms. The van der Waals surface area contributed by atoms with Gasteiger partial charge < -0.3 is 9.89 Å². The quantitative estimate of drug-likeness (QED) is 0.258. The summed E-state index contributed by atoms with van der Waals surface area (Å²) >= 11 is 0. The minimum atomic E-state index is 0.204. The molecule has 0 rings (SSSR count). The molecule has 0 saturated carbocycles. The lowest BCUT2D eigenvalue weighted by atomic mass is 10.1. The van der Waals surface area contributed by atoms with Crippen LogP contribution >= 0.6 is 0 Å². The highest BCUT2D eigenvalue weighted by atomic mass is 15.3. The van der Waals surface area contributed by atoms with Gasteiger partial charge in [0.25, 0.3) is 0 Å². The largest absolute Gasteiger partial charge is 0.762 e. The molecular formula is C20H39N3. The van der Waals surface area contributed by atoms with E-state index in [0.29, 0.717) is 0 Å². The van der Waals surface area contributed by atoms with Gasteiger partial charge in [0.1, 0.15) is 6.07 Å². The SMILES string of the molecule is CC(=C=[N-])C#N.CCCC[N+](CCCC)(CCCC)CCCC. The van der Waals surface area contributed by atoms with E-state index in [1.54, 1.807) is 11.9 Å². The zero-order valence-corrected chi connectivity index (χ0v) is 16.3. The van der Waals surface area contributed by atoms with Crippen LogP contribution in [0.4, 0.5) is 0 Å². The average molecular weight is 322 g/mol. The van der Waals surface area contributed by atoms with Gasteiger partial charge in [-0.1, -0.05) is 53.4 Å². The first-order valence-electron chi connectivity index (χ1n) is 9.54. The van der Waals surface area contributed by atoms with E-state index in [-0.39, 0.29) is 5.57 Å². The second-order valence-electron chi connectivity index (χ2n) is 6.50. The molecular weight excluding hydrogens is 282 g/mol. The molecule has 0 unspecified atom stereocenters. The molecule has 0 aromatic carbocycles. The molecule has 134 valence electrons. The molecule has 0 saturated heterocycles. The Bertz CT molecular complexity index is 311. The Hall–Kier alpha value is -1.10. The number of hydrogen-bond donors (Lipinski definition) is 0. The number of nitrogens with zero attached hydrogens (tertiary/aromatic N) is 3. The zero-order chi connectivity index (χ0) is 18.0. The van der Waals surface area contributed by atoms with Crippen molar-refractivity contribution < 1.29 is 4.48 Å². The topological polar surface area (TPSA) is 46.1 Å². The summed E-state index contributed by atoms with van der Waals surface area (Å²) in [4.78, 5) is 0. The normalized spacial score (nSPS) is 10.3. The van der Waals surface area contributed by atoms with Crippen molar-refractivity contribution in [2.75, 3.05) is 26.2 Å². The lowest BCUT2D eigenvalue weighted by Gasteiger charge is -2.39. The van der Waals surface area contributed by atoms with Crippen LogP contribution in [-0.2, 0) is 0 Å². The maximum atomic E-state index is 7.83. The Morgan fingerprint density at radius 1 is 0.783 bits per heavy atom. The summed E-state index contributed by atoms with van der Waals surface area (Å²) in [7, 11) is 0. The fourth-order valence-corrected chi connectivity index (χ4v) is 2.67. The molecule has 23 heavy (non-hydrogen) atoms. The minimum absolute atomic E-state index is 0.204. The second kappa shape index (κ2) is 17.3. The summed E-state index contributed by atoms with van der Waals surface area (Å²) in [6.07, 6.45) is 11.1. The summed E-state index contributed by atoms with van der Waals surface area (Å²) in [6.45, 7) is 16.5. The number of nitriles is 1. The molecule has 0 aliphatic rings. The van der Waals surface area contributed by atoms with Gasteiger partial charge in [-0.25, -0.2) is 0 Å². The van der Waals surface area contributed by atoms with Crippen LogP contribution in [0.2, 0.25) is 0 Å². The third-order valence-corrected chi connectivity index (χ3v) is 4.28. The Labute approximate surface area is 145 Å². The van der Waals surface area contributed by atoms with Gasteiger partial charge in [0.05, 0.1) is 26.2 Å².